The van der Waals surface area contributed by atoms with Gasteiger partial charge in [-0.25, -0.2) is 13.1 Å². The molecule has 0 unspecified atom stereocenters. The number of hydrogen-bond donors (Lipinski definition) is 1. The summed E-state index contributed by atoms with van der Waals surface area (Å²) in [6, 6.07) is 8.47. The summed E-state index contributed by atoms with van der Waals surface area (Å²) >= 11 is 0. The SMILES string of the molecule is CCCCOc1ccc(S(=O)(=O)NCc2ccco2)cc1C(C)C. The molecule has 0 spiro atoms. The first kappa shape index (κ1) is 18.5. The van der Waals surface area contributed by atoms with Crippen LogP contribution in [0, 0.1) is 0 Å². The van der Waals surface area contributed by atoms with Gasteiger partial charge in [-0.3, -0.25) is 0 Å². The molecule has 1 aromatic heterocycles. The molecule has 2 rings (SSSR count). The van der Waals surface area contributed by atoms with Crippen molar-refractivity contribution >= 4 is 10.0 Å². The lowest BCUT2D eigenvalue weighted by Gasteiger charge is -2.16. The van der Waals surface area contributed by atoms with Crippen LogP contribution in [0.1, 0.15) is 50.9 Å². The Morgan fingerprint density at radius 1 is 1.25 bits per heavy atom. The van der Waals surface area contributed by atoms with Gasteiger partial charge >= 0.3 is 0 Å². The van der Waals surface area contributed by atoms with Crippen LogP contribution in [0.4, 0.5) is 0 Å². The summed E-state index contributed by atoms with van der Waals surface area (Å²) in [6.45, 7) is 6.91. The monoisotopic (exact) mass is 351 g/mol. The molecule has 0 aliphatic heterocycles. The molecule has 0 atom stereocenters. The van der Waals surface area contributed by atoms with Crippen LogP contribution >= 0.6 is 0 Å². The van der Waals surface area contributed by atoms with E-state index in [9.17, 15) is 8.42 Å². The van der Waals surface area contributed by atoms with Gasteiger partial charge in [0.05, 0.1) is 24.3 Å². The Kier molecular flexibility index (Phi) is 6.45. The number of hydrogen-bond acceptors (Lipinski definition) is 4. The molecule has 0 saturated carbocycles. The molecular weight excluding hydrogens is 326 g/mol. The first-order valence-corrected chi connectivity index (χ1v) is 9.71. The average molecular weight is 351 g/mol. The quantitative estimate of drug-likeness (QED) is 0.692. The van der Waals surface area contributed by atoms with Crippen molar-refractivity contribution in [2.75, 3.05) is 6.61 Å². The van der Waals surface area contributed by atoms with Gasteiger partial charge in [-0.2, -0.15) is 0 Å². The highest BCUT2D eigenvalue weighted by Crippen LogP contribution is 2.29. The predicted octanol–water partition coefficient (Wildman–Crippen LogP) is 4.06. The average Bonchev–Trinajstić information content (AvgIpc) is 3.07. The van der Waals surface area contributed by atoms with E-state index in [1.165, 1.54) is 6.26 Å². The minimum Gasteiger partial charge on any atom is -0.493 e. The van der Waals surface area contributed by atoms with Gasteiger partial charge in [0.1, 0.15) is 11.5 Å². The predicted molar refractivity (Wildman–Crippen MR) is 93.7 cm³/mol. The molecule has 2 aromatic rings. The molecule has 0 bridgehead atoms. The van der Waals surface area contributed by atoms with Gasteiger partial charge in [0.25, 0.3) is 0 Å². The lowest BCUT2D eigenvalue weighted by Crippen LogP contribution is -2.23. The minimum absolute atomic E-state index is 0.126. The zero-order valence-corrected chi connectivity index (χ0v) is 15.2. The Labute approximate surface area is 144 Å². The maximum absolute atomic E-state index is 12.5. The lowest BCUT2D eigenvalue weighted by molar-refractivity contribution is 0.305. The lowest BCUT2D eigenvalue weighted by atomic mass is 10.0. The van der Waals surface area contributed by atoms with Crippen molar-refractivity contribution in [1.82, 2.24) is 4.72 Å². The summed E-state index contributed by atoms with van der Waals surface area (Å²) < 4.78 is 38.5. The van der Waals surface area contributed by atoms with E-state index in [2.05, 4.69) is 11.6 Å². The number of ether oxygens (including phenoxy) is 1. The fraction of sp³-hybridized carbons (Fsp3) is 0.444. The van der Waals surface area contributed by atoms with Crippen LogP contribution in [-0.2, 0) is 16.6 Å². The summed E-state index contributed by atoms with van der Waals surface area (Å²) in [7, 11) is -3.60. The Bertz CT molecular complexity index is 736. The molecule has 1 N–H and O–H groups in total. The van der Waals surface area contributed by atoms with Crippen molar-refractivity contribution in [1.29, 1.82) is 0 Å². The molecule has 1 aromatic carbocycles. The van der Waals surface area contributed by atoms with Crippen LogP contribution in [0.25, 0.3) is 0 Å². The summed E-state index contributed by atoms with van der Waals surface area (Å²) in [6.07, 6.45) is 3.55. The molecule has 0 amide bonds. The first-order valence-electron chi connectivity index (χ1n) is 8.23. The number of nitrogens with one attached hydrogen (secondary N) is 1. The van der Waals surface area contributed by atoms with Crippen molar-refractivity contribution < 1.29 is 17.6 Å². The third kappa shape index (κ3) is 4.85. The highest BCUT2D eigenvalue weighted by Gasteiger charge is 2.18. The number of unbranched alkanes of at least 4 members (excludes halogenated alkanes) is 1. The van der Waals surface area contributed by atoms with E-state index in [0.717, 1.165) is 24.2 Å². The van der Waals surface area contributed by atoms with Crippen molar-refractivity contribution in [3.8, 4) is 5.75 Å². The second kappa shape index (κ2) is 8.35. The van der Waals surface area contributed by atoms with Gasteiger partial charge in [-0.15, -0.1) is 0 Å². The van der Waals surface area contributed by atoms with Gasteiger partial charge in [0.15, 0.2) is 0 Å². The van der Waals surface area contributed by atoms with Crippen LogP contribution in [0.3, 0.4) is 0 Å². The summed E-state index contributed by atoms with van der Waals surface area (Å²) in [5.74, 6) is 1.49. The molecule has 0 fully saturated rings. The van der Waals surface area contributed by atoms with Gasteiger partial charge in [0.2, 0.25) is 10.0 Å². The first-order chi connectivity index (χ1) is 11.4. The normalized spacial score (nSPS) is 11.8. The zero-order chi connectivity index (χ0) is 17.6. The molecule has 1 heterocycles. The topological polar surface area (TPSA) is 68.5 Å². The largest absolute Gasteiger partial charge is 0.493 e. The molecule has 0 saturated heterocycles. The molecule has 0 radical (unpaired) electrons. The second-order valence-electron chi connectivity index (χ2n) is 5.96. The van der Waals surface area contributed by atoms with Gasteiger partial charge < -0.3 is 9.15 Å². The van der Waals surface area contributed by atoms with Crippen LogP contribution in [-0.4, -0.2) is 15.0 Å². The van der Waals surface area contributed by atoms with Crippen molar-refractivity contribution in [3.05, 3.63) is 47.9 Å². The van der Waals surface area contributed by atoms with Crippen LogP contribution in [0.5, 0.6) is 5.75 Å². The summed E-state index contributed by atoms with van der Waals surface area (Å²) in [4.78, 5) is 0.237. The van der Waals surface area contributed by atoms with Gasteiger partial charge in [-0.05, 0) is 48.2 Å². The molecule has 24 heavy (non-hydrogen) atoms. The Hall–Kier alpha value is -1.79. The smallest absolute Gasteiger partial charge is 0.240 e. The maximum Gasteiger partial charge on any atom is 0.240 e. The van der Waals surface area contributed by atoms with E-state index in [1.807, 2.05) is 13.8 Å². The Morgan fingerprint density at radius 3 is 2.67 bits per heavy atom. The van der Waals surface area contributed by atoms with E-state index in [-0.39, 0.29) is 17.4 Å². The van der Waals surface area contributed by atoms with Crippen molar-refractivity contribution in [2.24, 2.45) is 0 Å². The molecule has 5 nitrogen and oxygen atoms in total. The van der Waals surface area contributed by atoms with Gasteiger partial charge in [-0.1, -0.05) is 27.2 Å². The fourth-order valence-electron chi connectivity index (χ4n) is 2.27. The van der Waals surface area contributed by atoms with Gasteiger partial charge in [0, 0.05) is 0 Å². The highest BCUT2D eigenvalue weighted by molar-refractivity contribution is 7.89. The summed E-state index contributed by atoms with van der Waals surface area (Å²) in [5, 5.41) is 0. The zero-order valence-electron chi connectivity index (χ0n) is 14.4. The second-order valence-corrected chi connectivity index (χ2v) is 7.73. The number of furan rings is 1. The maximum atomic E-state index is 12.5. The minimum atomic E-state index is -3.60. The Morgan fingerprint density at radius 2 is 2.04 bits per heavy atom. The number of rotatable bonds is 9. The highest BCUT2D eigenvalue weighted by atomic mass is 32.2. The van der Waals surface area contributed by atoms with Crippen LogP contribution in [0.15, 0.2) is 45.9 Å². The third-order valence-electron chi connectivity index (χ3n) is 3.69. The molecule has 0 aliphatic rings. The van der Waals surface area contributed by atoms with E-state index in [0.29, 0.717) is 12.4 Å². The van der Waals surface area contributed by atoms with Crippen molar-refractivity contribution in [2.45, 2.75) is 51.0 Å². The molecular formula is C18H25NO4S. The summed E-state index contributed by atoms with van der Waals surface area (Å²) in [5.41, 5.74) is 0.895. The Balaban J connectivity index is 2.18. The van der Waals surface area contributed by atoms with E-state index >= 15 is 0 Å². The van der Waals surface area contributed by atoms with Crippen LogP contribution < -0.4 is 9.46 Å². The van der Waals surface area contributed by atoms with E-state index in [1.54, 1.807) is 30.3 Å². The standard InChI is InChI=1S/C18H25NO4S/c1-4-5-10-23-18-9-8-16(12-17(18)14(2)3)24(20,21)19-13-15-7-6-11-22-15/h6-9,11-12,14,19H,4-5,10,13H2,1-3H3. The third-order valence-corrected chi connectivity index (χ3v) is 5.08. The van der Waals surface area contributed by atoms with Crippen molar-refractivity contribution in [3.63, 3.8) is 0 Å². The fourth-order valence-corrected chi connectivity index (χ4v) is 3.29. The van der Waals surface area contributed by atoms with E-state index in [4.69, 9.17) is 9.15 Å². The molecule has 132 valence electrons. The van der Waals surface area contributed by atoms with E-state index < -0.39 is 10.0 Å². The molecule has 6 heteroatoms. The number of benzene rings is 1. The molecule has 0 aliphatic carbocycles. The van der Waals surface area contributed by atoms with Crippen LogP contribution in [0.2, 0.25) is 0 Å². The number of sulfonamides is 1.